The maximum atomic E-state index is 12.1. The molecule has 0 saturated carbocycles. The van der Waals surface area contributed by atoms with Crippen molar-refractivity contribution in [2.45, 2.75) is 6.42 Å². The Labute approximate surface area is 132 Å². The highest BCUT2D eigenvalue weighted by atomic mass is 16.2. The van der Waals surface area contributed by atoms with Crippen molar-refractivity contribution >= 4 is 28.4 Å². The molecule has 0 aliphatic rings. The van der Waals surface area contributed by atoms with Gasteiger partial charge >= 0.3 is 0 Å². The summed E-state index contributed by atoms with van der Waals surface area (Å²) in [6, 6.07) is 10.8. The monoisotopic (exact) mass is 308 g/mol. The molecule has 0 bridgehead atoms. The fourth-order valence-corrected chi connectivity index (χ4v) is 2.24. The number of anilines is 1. The molecule has 6 heteroatoms. The Morgan fingerprint density at radius 2 is 1.91 bits per heavy atom. The number of benzene rings is 1. The van der Waals surface area contributed by atoms with E-state index in [0.717, 1.165) is 10.9 Å². The summed E-state index contributed by atoms with van der Waals surface area (Å²) in [4.78, 5) is 30.8. The molecule has 0 radical (unpaired) electrons. The number of fused-ring (bicyclic) bond motifs is 1. The van der Waals surface area contributed by atoms with Gasteiger partial charge in [-0.2, -0.15) is 0 Å². The van der Waals surface area contributed by atoms with Gasteiger partial charge in [0.2, 0.25) is 5.91 Å². The number of pyridine rings is 1. The molecule has 2 heterocycles. The summed E-state index contributed by atoms with van der Waals surface area (Å²) in [6.07, 6.45) is 5.25. The molecule has 0 fully saturated rings. The first-order valence-electron chi connectivity index (χ1n) is 7.27. The lowest BCUT2D eigenvalue weighted by Gasteiger charge is -2.07. The average molecular weight is 308 g/mol. The number of carbonyl (C=O) groups is 2. The van der Waals surface area contributed by atoms with Gasteiger partial charge in [0.1, 0.15) is 0 Å². The van der Waals surface area contributed by atoms with Gasteiger partial charge in [0.25, 0.3) is 5.91 Å². The summed E-state index contributed by atoms with van der Waals surface area (Å²) < 4.78 is 0. The summed E-state index contributed by atoms with van der Waals surface area (Å²) in [5.41, 5.74) is 2.25. The standard InChI is InChI=1S/C17H16N4O2/c22-16(21-14-4-7-18-8-5-14)6-10-20-17(23)13-1-2-15-12(11-13)3-9-19-15/h1-5,7-9,11,19H,6,10H2,(H,20,23)(H,18,21,22). The number of amides is 2. The summed E-state index contributed by atoms with van der Waals surface area (Å²) >= 11 is 0. The fraction of sp³-hybridized carbons (Fsp3) is 0.118. The Balaban J connectivity index is 1.49. The van der Waals surface area contributed by atoms with Crippen LogP contribution in [0.3, 0.4) is 0 Å². The van der Waals surface area contributed by atoms with Crippen molar-refractivity contribution in [1.29, 1.82) is 0 Å². The maximum absolute atomic E-state index is 12.1. The SMILES string of the molecule is O=C(CCNC(=O)c1ccc2[nH]ccc2c1)Nc1ccncc1. The van der Waals surface area contributed by atoms with E-state index in [4.69, 9.17) is 0 Å². The third-order valence-corrected chi connectivity index (χ3v) is 3.42. The van der Waals surface area contributed by atoms with Crippen LogP contribution in [0.4, 0.5) is 5.69 Å². The van der Waals surface area contributed by atoms with Crippen LogP contribution in [0.25, 0.3) is 10.9 Å². The summed E-state index contributed by atoms with van der Waals surface area (Å²) in [7, 11) is 0. The Kier molecular flexibility index (Phi) is 4.33. The van der Waals surface area contributed by atoms with E-state index in [1.807, 2.05) is 24.4 Å². The first-order chi connectivity index (χ1) is 11.2. The number of hydrogen-bond acceptors (Lipinski definition) is 3. The van der Waals surface area contributed by atoms with Crippen LogP contribution in [-0.2, 0) is 4.79 Å². The molecule has 0 unspecified atom stereocenters. The van der Waals surface area contributed by atoms with Gasteiger partial charge in [-0.3, -0.25) is 14.6 Å². The van der Waals surface area contributed by atoms with Crippen molar-refractivity contribution < 1.29 is 9.59 Å². The van der Waals surface area contributed by atoms with Crippen LogP contribution in [0.15, 0.2) is 55.0 Å². The second-order valence-electron chi connectivity index (χ2n) is 5.07. The summed E-state index contributed by atoms with van der Waals surface area (Å²) in [5.74, 6) is -0.345. The van der Waals surface area contributed by atoms with Gasteiger partial charge in [-0.25, -0.2) is 0 Å². The van der Waals surface area contributed by atoms with E-state index >= 15 is 0 Å². The molecule has 23 heavy (non-hydrogen) atoms. The minimum absolute atomic E-state index is 0.155. The first-order valence-corrected chi connectivity index (χ1v) is 7.27. The van der Waals surface area contributed by atoms with Crippen LogP contribution in [-0.4, -0.2) is 28.3 Å². The molecule has 0 atom stereocenters. The molecule has 2 amide bonds. The molecule has 1 aromatic carbocycles. The van der Waals surface area contributed by atoms with E-state index in [9.17, 15) is 9.59 Å². The number of aromatic amines is 1. The highest BCUT2D eigenvalue weighted by molar-refractivity contribution is 5.98. The van der Waals surface area contributed by atoms with Crippen molar-refractivity contribution in [1.82, 2.24) is 15.3 Å². The van der Waals surface area contributed by atoms with Gasteiger partial charge in [0.05, 0.1) is 0 Å². The van der Waals surface area contributed by atoms with Crippen LogP contribution in [0.5, 0.6) is 0 Å². The quantitative estimate of drug-likeness (QED) is 0.676. The van der Waals surface area contributed by atoms with Gasteiger partial charge in [-0.1, -0.05) is 0 Å². The van der Waals surface area contributed by atoms with Gasteiger partial charge < -0.3 is 15.6 Å². The molecule has 2 aromatic heterocycles. The molecule has 3 N–H and O–H groups in total. The van der Waals surface area contributed by atoms with Crippen LogP contribution in [0.2, 0.25) is 0 Å². The molecular weight excluding hydrogens is 292 g/mol. The lowest BCUT2D eigenvalue weighted by molar-refractivity contribution is -0.116. The first kappa shape index (κ1) is 14.8. The highest BCUT2D eigenvalue weighted by Gasteiger charge is 2.08. The lowest BCUT2D eigenvalue weighted by atomic mass is 10.1. The number of nitrogens with one attached hydrogen (secondary N) is 3. The number of hydrogen-bond donors (Lipinski definition) is 3. The van der Waals surface area contributed by atoms with E-state index in [0.29, 0.717) is 11.3 Å². The van der Waals surface area contributed by atoms with E-state index < -0.39 is 0 Å². The van der Waals surface area contributed by atoms with E-state index in [2.05, 4.69) is 20.6 Å². The average Bonchev–Trinajstić information content (AvgIpc) is 3.03. The van der Waals surface area contributed by atoms with Crippen LogP contribution < -0.4 is 10.6 Å². The van der Waals surface area contributed by atoms with Crippen LogP contribution in [0.1, 0.15) is 16.8 Å². The van der Waals surface area contributed by atoms with E-state index in [-0.39, 0.29) is 24.8 Å². The molecule has 0 spiro atoms. The van der Waals surface area contributed by atoms with Gasteiger partial charge in [-0.05, 0) is 36.4 Å². The number of nitrogens with zero attached hydrogens (tertiary/aromatic N) is 1. The minimum Gasteiger partial charge on any atom is -0.361 e. The zero-order chi connectivity index (χ0) is 16.1. The molecular formula is C17H16N4O2. The smallest absolute Gasteiger partial charge is 0.251 e. The molecule has 3 aromatic rings. The number of rotatable bonds is 5. The molecule has 6 nitrogen and oxygen atoms in total. The summed E-state index contributed by atoms with van der Waals surface area (Å²) in [6.45, 7) is 0.279. The predicted molar refractivity (Wildman–Crippen MR) is 88.1 cm³/mol. The van der Waals surface area contributed by atoms with Gasteiger partial charge in [-0.15, -0.1) is 0 Å². The Morgan fingerprint density at radius 1 is 1.09 bits per heavy atom. The van der Waals surface area contributed by atoms with Crippen molar-refractivity contribution in [2.75, 3.05) is 11.9 Å². The zero-order valence-corrected chi connectivity index (χ0v) is 12.4. The second kappa shape index (κ2) is 6.74. The van der Waals surface area contributed by atoms with Crippen LogP contribution >= 0.6 is 0 Å². The van der Waals surface area contributed by atoms with Gasteiger partial charge in [0.15, 0.2) is 0 Å². The van der Waals surface area contributed by atoms with Crippen LogP contribution in [0, 0.1) is 0 Å². The Bertz CT molecular complexity index is 827. The number of aromatic nitrogens is 2. The predicted octanol–water partition coefficient (Wildman–Crippen LogP) is 2.32. The second-order valence-corrected chi connectivity index (χ2v) is 5.07. The topological polar surface area (TPSA) is 86.9 Å². The zero-order valence-electron chi connectivity index (χ0n) is 12.4. The van der Waals surface area contributed by atoms with E-state index in [1.54, 1.807) is 30.6 Å². The van der Waals surface area contributed by atoms with Crippen molar-refractivity contribution in [2.24, 2.45) is 0 Å². The van der Waals surface area contributed by atoms with Crippen molar-refractivity contribution in [3.8, 4) is 0 Å². The van der Waals surface area contributed by atoms with Gasteiger partial charge in [0, 0.05) is 53.7 Å². The summed E-state index contributed by atoms with van der Waals surface area (Å²) in [5, 5.41) is 6.47. The maximum Gasteiger partial charge on any atom is 0.251 e. The third-order valence-electron chi connectivity index (χ3n) is 3.42. The van der Waals surface area contributed by atoms with Crippen molar-refractivity contribution in [3.05, 3.63) is 60.6 Å². The van der Waals surface area contributed by atoms with E-state index in [1.165, 1.54) is 0 Å². The lowest BCUT2D eigenvalue weighted by Crippen LogP contribution is -2.27. The largest absolute Gasteiger partial charge is 0.361 e. The Morgan fingerprint density at radius 3 is 2.74 bits per heavy atom. The molecule has 0 aliphatic carbocycles. The highest BCUT2D eigenvalue weighted by Crippen LogP contribution is 2.14. The molecule has 3 rings (SSSR count). The molecule has 0 saturated heterocycles. The number of H-pyrrole nitrogens is 1. The normalized spacial score (nSPS) is 10.4. The third kappa shape index (κ3) is 3.74. The molecule has 116 valence electrons. The minimum atomic E-state index is -0.190. The van der Waals surface area contributed by atoms with Crippen molar-refractivity contribution in [3.63, 3.8) is 0 Å². The molecule has 0 aliphatic heterocycles. The Hall–Kier alpha value is -3.15. The number of carbonyl (C=O) groups excluding carboxylic acids is 2. The fourth-order valence-electron chi connectivity index (χ4n) is 2.24.